The fourth-order valence-corrected chi connectivity index (χ4v) is 2.32. The molecule has 0 aliphatic rings. The predicted molar refractivity (Wildman–Crippen MR) is 94.1 cm³/mol. The van der Waals surface area contributed by atoms with Crippen molar-refractivity contribution in [2.75, 3.05) is 18.5 Å². The lowest BCUT2D eigenvalue weighted by Crippen LogP contribution is -2.40. The average molecular weight is 343 g/mol. The molecule has 0 saturated carbocycles. The molecule has 25 heavy (non-hydrogen) atoms. The summed E-state index contributed by atoms with van der Waals surface area (Å²) in [6.07, 6.45) is 3.40. The van der Waals surface area contributed by atoms with E-state index >= 15 is 0 Å². The lowest BCUT2D eigenvalue weighted by atomic mass is 10.2. The largest absolute Gasteiger partial charge is 0.490 e. The number of nitrogens with zero attached hydrogens (tertiary/aromatic N) is 1. The number of aromatic nitrogens is 1. The lowest BCUT2D eigenvalue weighted by molar-refractivity contribution is -0.684. The number of anilines is 1. The molecule has 1 amide bonds. The molecule has 0 aliphatic carbocycles. The SMILES string of the molecule is CCOc1ccc(NC(=O)C[n+]2cccc(C(C)=O)c2)cc1OCC. The summed E-state index contributed by atoms with van der Waals surface area (Å²) in [5, 5.41) is 2.83. The van der Waals surface area contributed by atoms with E-state index in [4.69, 9.17) is 9.47 Å². The minimum atomic E-state index is -0.197. The van der Waals surface area contributed by atoms with Gasteiger partial charge in [0.15, 0.2) is 29.7 Å². The lowest BCUT2D eigenvalue weighted by Gasteiger charge is -2.12. The number of carbonyl (C=O) groups is 2. The van der Waals surface area contributed by atoms with Gasteiger partial charge in [0.05, 0.1) is 18.8 Å². The summed E-state index contributed by atoms with van der Waals surface area (Å²) < 4.78 is 12.7. The Labute approximate surface area is 147 Å². The molecule has 132 valence electrons. The highest BCUT2D eigenvalue weighted by molar-refractivity contribution is 5.93. The Hall–Kier alpha value is -2.89. The first kappa shape index (κ1) is 18.4. The van der Waals surface area contributed by atoms with Crippen LogP contribution in [0.4, 0.5) is 5.69 Å². The second-order valence-corrected chi connectivity index (χ2v) is 5.40. The molecular formula is C19H23N2O4+. The smallest absolute Gasteiger partial charge is 0.290 e. The van der Waals surface area contributed by atoms with Gasteiger partial charge < -0.3 is 14.8 Å². The van der Waals surface area contributed by atoms with Gasteiger partial charge in [0.25, 0.3) is 5.91 Å². The van der Waals surface area contributed by atoms with Crippen molar-refractivity contribution < 1.29 is 23.6 Å². The van der Waals surface area contributed by atoms with E-state index in [0.29, 0.717) is 36.0 Å². The van der Waals surface area contributed by atoms with Crippen molar-refractivity contribution in [1.29, 1.82) is 0 Å². The predicted octanol–water partition coefficient (Wildman–Crippen LogP) is 2.61. The van der Waals surface area contributed by atoms with Gasteiger partial charge in [-0.1, -0.05) is 0 Å². The van der Waals surface area contributed by atoms with Gasteiger partial charge in [0.1, 0.15) is 0 Å². The summed E-state index contributed by atoms with van der Waals surface area (Å²) in [6, 6.07) is 8.74. The third-order valence-electron chi connectivity index (χ3n) is 3.42. The molecule has 0 saturated heterocycles. The summed E-state index contributed by atoms with van der Waals surface area (Å²) >= 11 is 0. The molecule has 0 aliphatic heterocycles. The van der Waals surface area contributed by atoms with Gasteiger partial charge in [-0.05, 0) is 39.0 Å². The third-order valence-corrected chi connectivity index (χ3v) is 3.42. The highest BCUT2D eigenvalue weighted by atomic mass is 16.5. The number of ether oxygens (including phenoxy) is 2. The van der Waals surface area contributed by atoms with E-state index in [1.54, 1.807) is 47.3 Å². The van der Waals surface area contributed by atoms with Crippen LogP contribution in [-0.2, 0) is 11.3 Å². The minimum absolute atomic E-state index is 0.0392. The van der Waals surface area contributed by atoms with E-state index in [-0.39, 0.29) is 18.2 Å². The van der Waals surface area contributed by atoms with Gasteiger partial charge in [0.2, 0.25) is 6.54 Å². The Balaban J connectivity index is 2.08. The molecule has 0 atom stereocenters. The van der Waals surface area contributed by atoms with Crippen LogP contribution in [0.15, 0.2) is 42.7 Å². The van der Waals surface area contributed by atoms with E-state index in [1.165, 1.54) is 6.92 Å². The van der Waals surface area contributed by atoms with Crippen LogP contribution in [0.5, 0.6) is 11.5 Å². The first-order valence-corrected chi connectivity index (χ1v) is 8.23. The maximum absolute atomic E-state index is 12.3. The molecule has 1 aromatic carbocycles. The maximum atomic E-state index is 12.3. The fourth-order valence-electron chi connectivity index (χ4n) is 2.32. The molecule has 1 heterocycles. The number of pyridine rings is 1. The van der Waals surface area contributed by atoms with Crippen molar-refractivity contribution in [1.82, 2.24) is 0 Å². The molecule has 0 radical (unpaired) electrons. The van der Waals surface area contributed by atoms with Crippen LogP contribution >= 0.6 is 0 Å². The van der Waals surface area contributed by atoms with E-state index in [2.05, 4.69) is 5.32 Å². The highest BCUT2D eigenvalue weighted by Crippen LogP contribution is 2.30. The van der Waals surface area contributed by atoms with Crippen LogP contribution in [-0.4, -0.2) is 24.9 Å². The molecule has 0 fully saturated rings. The molecule has 0 unspecified atom stereocenters. The number of ketones is 1. The number of hydrogen-bond acceptors (Lipinski definition) is 4. The number of rotatable bonds is 8. The quantitative estimate of drug-likeness (QED) is 0.591. The van der Waals surface area contributed by atoms with Gasteiger partial charge in [-0.25, -0.2) is 0 Å². The minimum Gasteiger partial charge on any atom is -0.490 e. The molecule has 0 bridgehead atoms. The highest BCUT2D eigenvalue weighted by Gasteiger charge is 2.13. The van der Waals surface area contributed by atoms with E-state index in [1.807, 2.05) is 13.8 Å². The second-order valence-electron chi connectivity index (χ2n) is 5.40. The van der Waals surface area contributed by atoms with Gasteiger partial charge in [-0.3, -0.25) is 9.59 Å². The zero-order valence-electron chi connectivity index (χ0n) is 14.7. The van der Waals surface area contributed by atoms with Crippen LogP contribution < -0.4 is 19.4 Å². The first-order chi connectivity index (χ1) is 12.0. The summed E-state index contributed by atoms with van der Waals surface area (Å²) in [6.45, 7) is 6.44. The van der Waals surface area contributed by atoms with Crippen LogP contribution in [0.3, 0.4) is 0 Å². The van der Waals surface area contributed by atoms with Crippen LogP contribution in [0.1, 0.15) is 31.1 Å². The number of amides is 1. The van der Waals surface area contributed by atoms with E-state index < -0.39 is 0 Å². The monoisotopic (exact) mass is 343 g/mol. The average Bonchev–Trinajstić information content (AvgIpc) is 2.57. The Morgan fingerprint density at radius 2 is 1.80 bits per heavy atom. The number of hydrogen-bond donors (Lipinski definition) is 1. The van der Waals surface area contributed by atoms with E-state index in [0.717, 1.165) is 0 Å². The second kappa shape index (κ2) is 8.82. The number of Topliss-reactive ketones (excluding diaryl/α,β-unsaturated/α-hetero) is 1. The molecule has 2 rings (SSSR count). The standard InChI is InChI=1S/C19H22N2O4/c1-4-24-17-9-8-16(11-18(17)25-5-2)20-19(23)13-21-10-6-7-15(12-21)14(3)22/h6-12H,4-5,13H2,1-3H3/p+1. The van der Waals surface area contributed by atoms with Gasteiger partial charge >= 0.3 is 0 Å². The van der Waals surface area contributed by atoms with Crippen molar-refractivity contribution in [3.05, 3.63) is 48.3 Å². The van der Waals surface area contributed by atoms with Crippen LogP contribution in [0.25, 0.3) is 0 Å². The molecule has 6 nitrogen and oxygen atoms in total. The van der Waals surface area contributed by atoms with Crippen molar-refractivity contribution in [2.24, 2.45) is 0 Å². The molecular weight excluding hydrogens is 320 g/mol. The molecule has 1 aromatic heterocycles. The summed E-state index contributed by atoms with van der Waals surface area (Å²) in [4.78, 5) is 23.7. The zero-order valence-corrected chi connectivity index (χ0v) is 14.7. The molecule has 2 aromatic rings. The summed E-state index contributed by atoms with van der Waals surface area (Å²) in [5.41, 5.74) is 1.19. The van der Waals surface area contributed by atoms with Crippen molar-refractivity contribution in [3.8, 4) is 11.5 Å². The maximum Gasteiger partial charge on any atom is 0.290 e. The Bertz CT molecular complexity index is 759. The fraction of sp³-hybridized carbons (Fsp3) is 0.316. The summed E-state index contributed by atoms with van der Waals surface area (Å²) in [5.74, 6) is 0.999. The van der Waals surface area contributed by atoms with Gasteiger partial charge in [-0.2, -0.15) is 4.57 Å². The first-order valence-electron chi connectivity index (χ1n) is 8.23. The van der Waals surface area contributed by atoms with Gasteiger partial charge in [0, 0.05) is 17.8 Å². The zero-order chi connectivity index (χ0) is 18.2. The molecule has 1 N–H and O–H groups in total. The Morgan fingerprint density at radius 1 is 1.08 bits per heavy atom. The molecule has 0 spiro atoms. The van der Waals surface area contributed by atoms with Crippen LogP contribution in [0, 0.1) is 0 Å². The topological polar surface area (TPSA) is 68.5 Å². The number of benzene rings is 1. The number of carbonyl (C=O) groups excluding carboxylic acids is 2. The molecule has 6 heteroatoms. The summed E-state index contributed by atoms with van der Waals surface area (Å²) in [7, 11) is 0. The van der Waals surface area contributed by atoms with Crippen molar-refractivity contribution in [3.63, 3.8) is 0 Å². The normalized spacial score (nSPS) is 10.2. The van der Waals surface area contributed by atoms with Crippen molar-refractivity contribution >= 4 is 17.4 Å². The van der Waals surface area contributed by atoms with E-state index in [9.17, 15) is 9.59 Å². The third kappa shape index (κ3) is 5.31. The van der Waals surface area contributed by atoms with Gasteiger partial charge in [-0.15, -0.1) is 0 Å². The Morgan fingerprint density at radius 3 is 2.48 bits per heavy atom. The number of nitrogens with one attached hydrogen (secondary N) is 1. The van der Waals surface area contributed by atoms with Crippen LogP contribution in [0.2, 0.25) is 0 Å². The Kier molecular flexibility index (Phi) is 6.51. The van der Waals surface area contributed by atoms with Crippen molar-refractivity contribution in [2.45, 2.75) is 27.3 Å².